The van der Waals surface area contributed by atoms with E-state index in [4.69, 9.17) is 21.1 Å². The van der Waals surface area contributed by atoms with Crippen LogP contribution >= 0.6 is 35.6 Å². The Bertz CT molecular complexity index is 608. The van der Waals surface area contributed by atoms with E-state index >= 15 is 0 Å². The Morgan fingerprint density at radius 2 is 2.07 bits per heavy atom. The van der Waals surface area contributed by atoms with Gasteiger partial charge in [-0.1, -0.05) is 17.7 Å². The van der Waals surface area contributed by atoms with E-state index < -0.39 is 0 Å². The van der Waals surface area contributed by atoms with E-state index in [0.29, 0.717) is 24.8 Å². The van der Waals surface area contributed by atoms with Gasteiger partial charge in [0, 0.05) is 24.7 Å². The van der Waals surface area contributed by atoms with Crippen LogP contribution in [-0.4, -0.2) is 56.2 Å². The number of aliphatic imine (C=N–C) groups is 1. The van der Waals surface area contributed by atoms with E-state index in [0.717, 1.165) is 44.2 Å². The van der Waals surface area contributed by atoms with Crippen LogP contribution in [0, 0.1) is 5.92 Å². The maximum atomic E-state index is 11.9. The number of carbonyl (C=O) groups is 1. The highest BCUT2D eigenvalue weighted by molar-refractivity contribution is 14.0. The SMILES string of the molecule is CCNC(=NCCOc1cccc(Cl)c1)N1CCC(C(=O)OCC)CC1.I. The van der Waals surface area contributed by atoms with Crippen molar-refractivity contribution in [3.63, 3.8) is 0 Å². The number of esters is 1. The number of hydrogen-bond donors (Lipinski definition) is 1. The summed E-state index contributed by atoms with van der Waals surface area (Å²) in [4.78, 5) is 18.7. The number of carbonyl (C=O) groups excluding carboxylic acids is 1. The third kappa shape index (κ3) is 8.13. The molecule has 0 bridgehead atoms. The molecule has 0 aromatic heterocycles. The fourth-order valence-electron chi connectivity index (χ4n) is 2.88. The zero-order chi connectivity index (χ0) is 18.8. The van der Waals surface area contributed by atoms with Crippen LogP contribution in [0.4, 0.5) is 0 Å². The molecule has 1 aromatic carbocycles. The van der Waals surface area contributed by atoms with Crippen molar-refractivity contribution < 1.29 is 14.3 Å². The average molecular weight is 510 g/mol. The largest absolute Gasteiger partial charge is 0.492 e. The first-order chi connectivity index (χ1) is 12.6. The molecule has 1 heterocycles. The second-order valence-electron chi connectivity index (χ2n) is 6.05. The summed E-state index contributed by atoms with van der Waals surface area (Å²) in [5.41, 5.74) is 0. The molecule has 1 fully saturated rings. The topological polar surface area (TPSA) is 63.2 Å². The van der Waals surface area contributed by atoms with E-state index in [1.54, 1.807) is 6.07 Å². The number of piperidine rings is 1. The number of nitrogens with zero attached hydrogens (tertiary/aromatic N) is 2. The summed E-state index contributed by atoms with van der Waals surface area (Å²) >= 11 is 5.95. The molecular formula is C19H29ClIN3O3. The third-order valence-corrected chi connectivity index (χ3v) is 4.40. The molecule has 0 atom stereocenters. The van der Waals surface area contributed by atoms with Crippen molar-refractivity contribution >= 4 is 47.5 Å². The van der Waals surface area contributed by atoms with Gasteiger partial charge in [-0.3, -0.25) is 4.79 Å². The highest BCUT2D eigenvalue weighted by Gasteiger charge is 2.27. The Labute approximate surface area is 183 Å². The van der Waals surface area contributed by atoms with Gasteiger partial charge in [0.05, 0.1) is 19.1 Å². The van der Waals surface area contributed by atoms with Gasteiger partial charge in [-0.2, -0.15) is 0 Å². The van der Waals surface area contributed by atoms with Crippen molar-refractivity contribution in [1.82, 2.24) is 10.2 Å². The van der Waals surface area contributed by atoms with Gasteiger partial charge in [0.2, 0.25) is 0 Å². The Hall–Kier alpha value is -1.22. The lowest BCUT2D eigenvalue weighted by Crippen LogP contribution is -2.46. The standard InChI is InChI=1S/C19H28ClN3O3.HI/c1-3-21-19(22-10-13-26-17-7-5-6-16(20)14-17)23-11-8-15(9-12-23)18(24)25-4-2;/h5-7,14-15H,3-4,8-13H2,1-2H3,(H,21,22);1H. The summed E-state index contributed by atoms with van der Waals surface area (Å²) in [5, 5.41) is 3.97. The van der Waals surface area contributed by atoms with Crippen molar-refractivity contribution in [3.05, 3.63) is 29.3 Å². The van der Waals surface area contributed by atoms with Crippen molar-refractivity contribution in [2.75, 3.05) is 39.4 Å². The minimum absolute atomic E-state index is 0. The fraction of sp³-hybridized carbons (Fsp3) is 0.579. The normalized spacial score (nSPS) is 15.1. The Balaban J connectivity index is 0.00000364. The number of nitrogens with one attached hydrogen (secondary N) is 1. The van der Waals surface area contributed by atoms with Crippen molar-refractivity contribution in [1.29, 1.82) is 0 Å². The molecule has 1 aliphatic rings. The van der Waals surface area contributed by atoms with Gasteiger partial charge < -0.3 is 19.7 Å². The number of ether oxygens (including phenoxy) is 2. The van der Waals surface area contributed by atoms with Gasteiger partial charge in [0.15, 0.2) is 5.96 Å². The second-order valence-corrected chi connectivity index (χ2v) is 6.49. The monoisotopic (exact) mass is 509 g/mol. The van der Waals surface area contributed by atoms with Gasteiger partial charge in [0.25, 0.3) is 0 Å². The van der Waals surface area contributed by atoms with Crippen LogP contribution in [0.5, 0.6) is 5.75 Å². The van der Waals surface area contributed by atoms with Crippen LogP contribution in [0.2, 0.25) is 5.02 Å². The Kier molecular flexibility index (Phi) is 11.5. The molecule has 0 aliphatic carbocycles. The van der Waals surface area contributed by atoms with Crippen LogP contribution < -0.4 is 10.1 Å². The fourth-order valence-corrected chi connectivity index (χ4v) is 3.07. The number of hydrogen-bond acceptors (Lipinski definition) is 4. The van der Waals surface area contributed by atoms with Crippen LogP contribution in [0.25, 0.3) is 0 Å². The van der Waals surface area contributed by atoms with Crippen LogP contribution in [-0.2, 0) is 9.53 Å². The molecule has 8 heteroatoms. The maximum absolute atomic E-state index is 11.9. The molecule has 0 unspecified atom stereocenters. The molecule has 1 aromatic rings. The summed E-state index contributed by atoms with van der Waals surface area (Å²) in [6.45, 7) is 7.75. The van der Waals surface area contributed by atoms with Gasteiger partial charge in [-0.25, -0.2) is 4.99 Å². The molecule has 27 heavy (non-hydrogen) atoms. The van der Waals surface area contributed by atoms with Crippen molar-refractivity contribution in [2.24, 2.45) is 10.9 Å². The molecule has 152 valence electrons. The van der Waals surface area contributed by atoms with E-state index in [1.165, 1.54) is 0 Å². The lowest BCUT2D eigenvalue weighted by Gasteiger charge is -2.33. The lowest BCUT2D eigenvalue weighted by atomic mass is 9.97. The molecule has 1 saturated heterocycles. The van der Waals surface area contributed by atoms with Crippen LogP contribution in [0.3, 0.4) is 0 Å². The molecule has 0 radical (unpaired) electrons. The first-order valence-electron chi connectivity index (χ1n) is 9.22. The molecule has 0 spiro atoms. The van der Waals surface area contributed by atoms with Crippen LogP contribution in [0.1, 0.15) is 26.7 Å². The molecule has 1 aliphatic heterocycles. The molecule has 2 rings (SSSR count). The highest BCUT2D eigenvalue weighted by atomic mass is 127. The summed E-state index contributed by atoms with van der Waals surface area (Å²) < 4.78 is 10.8. The summed E-state index contributed by atoms with van der Waals surface area (Å²) in [5.74, 6) is 1.53. The van der Waals surface area contributed by atoms with E-state index in [1.807, 2.05) is 32.0 Å². The molecule has 0 saturated carbocycles. The van der Waals surface area contributed by atoms with Gasteiger partial charge >= 0.3 is 5.97 Å². The second kappa shape index (κ2) is 13.0. The molecular weight excluding hydrogens is 481 g/mol. The Morgan fingerprint density at radius 1 is 1.33 bits per heavy atom. The number of rotatable bonds is 7. The van der Waals surface area contributed by atoms with E-state index in [-0.39, 0.29) is 35.9 Å². The van der Waals surface area contributed by atoms with E-state index in [9.17, 15) is 4.79 Å². The number of likely N-dealkylation sites (tertiary alicyclic amines) is 1. The highest BCUT2D eigenvalue weighted by Crippen LogP contribution is 2.19. The zero-order valence-corrected chi connectivity index (χ0v) is 19.0. The van der Waals surface area contributed by atoms with Crippen LogP contribution in [0.15, 0.2) is 29.3 Å². The predicted molar refractivity (Wildman–Crippen MR) is 119 cm³/mol. The number of benzene rings is 1. The molecule has 0 amide bonds. The first kappa shape index (κ1) is 23.8. The zero-order valence-electron chi connectivity index (χ0n) is 15.9. The summed E-state index contributed by atoms with van der Waals surface area (Å²) in [6, 6.07) is 7.34. The van der Waals surface area contributed by atoms with Gasteiger partial charge in [0.1, 0.15) is 12.4 Å². The van der Waals surface area contributed by atoms with Gasteiger partial charge in [-0.05, 0) is 44.9 Å². The van der Waals surface area contributed by atoms with Crippen molar-refractivity contribution in [2.45, 2.75) is 26.7 Å². The van der Waals surface area contributed by atoms with Gasteiger partial charge in [-0.15, -0.1) is 24.0 Å². The average Bonchev–Trinajstić information content (AvgIpc) is 2.65. The summed E-state index contributed by atoms with van der Waals surface area (Å²) in [7, 11) is 0. The Morgan fingerprint density at radius 3 is 2.70 bits per heavy atom. The van der Waals surface area contributed by atoms with Crippen molar-refractivity contribution in [3.8, 4) is 5.75 Å². The molecule has 1 N–H and O–H groups in total. The number of guanidine groups is 1. The smallest absolute Gasteiger partial charge is 0.309 e. The quantitative estimate of drug-likeness (QED) is 0.200. The number of halogens is 2. The maximum Gasteiger partial charge on any atom is 0.309 e. The third-order valence-electron chi connectivity index (χ3n) is 4.17. The first-order valence-corrected chi connectivity index (χ1v) is 9.60. The van der Waals surface area contributed by atoms with E-state index in [2.05, 4.69) is 15.2 Å². The minimum Gasteiger partial charge on any atom is -0.492 e. The molecule has 6 nitrogen and oxygen atoms in total. The predicted octanol–water partition coefficient (Wildman–Crippen LogP) is 3.58. The minimum atomic E-state index is -0.0796. The summed E-state index contributed by atoms with van der Waals surface area (Å²) in [6.07, 6.45) is 1.59. The lowest BCUT2D eigenvalue weighted by molar-refractivity contribution is -0.149.